The maximum Gasteiger partial charge on any atom is 0.0960 e. The van der Waals surface area contributed by atoms with Gasteiger partial charge in [0.15, 0.2) is 0 Å². The van der Waals surface area contributed by atoms with Gasteiger partial charge in [-0.05, 0) is 25.0 Å². The van der Waals surface area contributed by atoms with Crippen LogP contribution in [-0.2, 0) is 0 Å². The van der Waals surface area contributed by atoms with E-state index in [9.17, 15) is 0 Å². The summed E-state index contributed by atoms with van der Waals surface area (Å²) in [5.41, 5.74) is 1.15. The number of rotatable bonds is 6. The second-order valence-electron chi connectivity index (χ2n) is 3.92. The molecule has 0 radical (unpaired) electrons. The molecule has 0 spiro atoms. The molecule has 0 aromatic carbocycles. The molecule has 0 amide bonds. The van der Waals surface area contributed by atoms with Crippen LogP contribution in [0.1, 0.15) is 54.8 Å². The average molecular weight is 265 g/mol. The summed E-state index contributed by atoms with van der Waals surface area (Å²) in [4.78, 5) is 1.22. The van der Waals surface area contributed by atoms with E-state index in [4.69, 9.17) is 23.2 Å². The number of hydrogen-bond acceptors (Lipinski definition) is 1. The second kappa shape index (κ2) is 6.78. The van der Waals surface area contributed by atoms with Crippen LogP contribution in [0.15, 0.2) is 6.07 Å². The monoisotopic (exact) mass is 264 g/mol. The van der Waals surface area contributed by atoms with E-state index in [2.05, 4.69) is 13.0 Å². The van der Waals surface area contributed by atoms with Gasteiger partial charge in [-0.25, -0.2) is 0 Å². The Morgan fingerprint density at radius 3 is 2.60 bits per heavy atom. The number of aryl methyl sites for hydroxylation is 1. The molecule has 1 rings (SSSR count). The molecule has 0 aliphatic carbocycles. The molecule has 0 aliphatic heterocycles. The van der Waals surface area contributed by atoms with E-state index in [0.717, 1.165) is 16.3 Å². The van der Waals surface area contributed by atoms with Gasteiger partial charge in [0, 0.05) is 4.88 Å². The van der Waals surface area contributed by atoms with Crippen molar-refractivity contribution in [1.82, 2.24) is 0 Å². The molecule has 1 aromatic rings. The number of thiophene rings is 1. The summed E-state index contributed by atoms with van der Waals surface area (Å²) in [5.74, 6) is 0. The van der Waals surface area contributed by atoms with Crippen LogP contribution in [-0.4, -0.2) is 0 Å². The lowest BCUT2D eigenvalue weighted by Crippen LogP contribution is -1.87. The predicted octanol–water partition coefficient (Wildman–Crippen LogP) is 5.96. The molecule has 15 heavy (non-hydrogen) atoms. The summed E-state index contributed by atoms with van der Waals surface area (Å²) in [5, 5.41) is 0.151. The van der Waals surface area contributed by atoms with Crippen LogP contribution < -0.4 is 0 Å². The number of halogens is 2. The molecular weight excluding hydrogens is 247 g/mol. The summed E-state index contributed by atoms with van der Waals surface area (Å²) < 4.78 is 0.879. The fourth-order valence-electron chi connectivity index (χ4n) is 1.53. The summed E-state index contributed by atoms with van der Waals surface area (Å²) in [7, 11) is 0. The van der Waals surface area contributed by atoms with Gasteiger partial charge in [-0.2, -0.15) is 0 Å². The highest BCUT2D eigenvalue weighted by molar-refractivity contribution is 7.16. The standard InChI is InChI=1S/C12H18Cl2S/c1-3-4-5-6-7-10(13)11-8-9(2)12(14)15-11/h8,10H,3-7H2,1-2H3. The molecule has 0 bridgehead atoms. The average Bonchev–Trinajstić information content (AvgIpc) is 2.54. The molecule has 3 heteroatoms. The number of hydrogen-bond donors (Lipinski definition) is 0. The smallest absolute Gasteiger partial charge is 0.0960 e. The lowest BCUT2D eigenvalue weighted by molar-refractivity contribution is 0.626. The summed E-state index contributed by atoms with van der Waals surface area (Å²) in [6, 6.07) is 2.12. The molecule has 1 atom stereocenters. The topological polar surface area (TPSA) is 0 Å². The van der Waals surface area contributed by atoms with Crippen molar-refractivity contribution >= 4 is 34.5 Å². The SMILES string of the molecule is CCCCCCC(Cl)c1cc(C)c(Cl)s1. The van der Waals surface area contributed by atoms with Gasteiger partial charge in [0.25, 0.3) is 0 Å². The van der Waals surface area contributed by atoms with Crippen LogP contribution >= 0.6 is 34.5 Å². The van der Waals surface area contributed by atoms with Crippen LogP contribution in [0, 0.1) is 6.92 Å². The van der Waals surface area contributed by atoms with E-state index in [0.29, 0.717) is 0 Å². The van der Waals surface area contributed by atoms with E-state index in [1.807, 2.05) is 6.92 Å². The van der Waals surface area contributed by atoms with Gasteiger partial charge in [-0.3, -0.25) is 0 Å². The molecule has 0 nitrogen and oxygen atoms in total. The normalized spacial score (nSPS) is 13.1. The summed E-state index contributed by atoms with van der Waals surface area (Å²) in [6.45, 7) is 4.25. The van der Waals surface area contributed by atoms with E-state index in [1.54, 1.807) is 11.3 Å². The minimum atomic E-state index is 0.151. The Hall–Kier alpha value is 0.280. The van der Waals surface area contributed by atoms with Crippen LogP contribution in [0.5, 0.6) is 0 Å². The Balaban J connectivity index is 2.36. The molecule has 86 valence electrons. The first-order chi connectivity index (χ1) is 7.15. The van der Waals surface area contributed by atoms with Crippen LogP contribution in [0.3, 0.4) is 0 Å². The quantitative estimate of drug-likeness (QED) is 0.439. The Bertz CT molecular complexity index is 274. The third-order valence-electron chi connectivity index (χ3n) is 2.50. The largest absolute Gasteiger partial charge is 0.127 e. The number of unbranched alkanes of at least 4 members (excludes halogenated alkanes) is 3. The maximum atomic E-state index is 6.32. The van der Waals surface area contributed by atoms with Crippen molar-refractivity contribution in [2.24, 2.45) is 0 Å². The van der Waals surface area contributed by atoms with Gasteiger partial charge in [0.1, 0.15) is 0 Å². The van der Waals surface area contributed by atoms with Crippen molar-refractivity contribution in [3.63, 3.8) is 0 Å². The fourth-order valence-corrected chi connectivity index (χ4v) is 3.11. The highest BCUT2D eigenvalue weighted by atomic mass is 35.5. The minimum absolute atomic E-state index is 0.151. The lowest BCUT2D eigenvalue weighted by Gasteiger charge is -2.06. The van der Waals surface area contributed by atoms with Gasteiger partial charge >= 0.3 is 0 Å². The first-order valence-corrected chi connectivity index (χ1v) is 7.18. The first kappa shape index (κ1) is 13.3. The Labute approximate surface area is 107 Å². The van der Waals surface area contributed by atoms with Gasteiger partial charge in [0.05, 0.1) is 9.71 Å². The minimum Gasteiger partial charge on any atom is -0.127 e. The Morgan fingerprint density at radius 1 is 1.33 bits per heavy atom. The third kappa shape index (κ3) is 4.34. The molecule has 0 aliphatic rings. The molecule has 0 N–H and O–H groups in total. The second-order valence-corrected chi connectivity index (χ2v) is 6.14. The van der Waals surface area contributed by atoms with Gasteiger partial charge in [-0.1, -0.05) is 44.2 Å². The zero-order valence-corrected chi connectivity index (χ0v) is 11.7. The van der Waals surface area contributed by atoms with Crippen molar-refractivity contribution < 1.29 is 0 Å². The number of alkyl halides is 1. The van der Waals surface area contributed by atoms with E-state index in [-0.39, 0.29) is 5.38 Å². The Kier molecular flexibility index (Phi) is 6.03. The molecule has 0 saturated carbocycles. The van der Waals surface area contributed by atoms with Crippen LogP contribution in [0.2, 0.25) is 4.34 Å². The maximum absolute atomic E-state index is 6.32. The van der Waals surface area contributed by atoms with Crippen LogP contribution in [0.25, 0.3) is 0 Å². The van der Waals surface area contributed by atoms with E-state index in [1.165, 1.54) is 30.6 Å². The van der Waals surface area contributed by atoms with Gasteiger partial charge in [0.2, 0.25) is 0 Å². The fraction of sp³-hybridized carbons (Fsp3) is 0.667. The molecule has 0 saturated heterocycles. The predicted molar refractivity (Wildman–Crippen MR) is 71.4 cm³/mol. The van der Waals surface area contributed by atoms with Crippen molar-refractivity contribution in [1.29, 1.82) is 0 Å². The highest BCUT2D eigenvalue weighted by Gasteiger charge is 2.12. The molecular formula is C12H18Cl2S. The molecule has 1 unspecified atom stereocenters. The summed E-state index contributed by atoms with van der Waals surface area (Å²) >= 11 is 14.0. The molecule has 1 heterocycles. The first-order valence-electron chi connectivity index (χ1n) is 5.55. The highest BCUT2D eigenvalue weighted by Crippen LogP contribution is 2.36. The van der Waals surface area contributed by atoms with Crippen molar-refractivity contribution in [2.75, 3.05) is 0 Å². The van der Waals surface area contributed by atoms with Crippen molar-refractivity contribution in [2.45, 2.75) is 51.3 Å². The zero-order valence-electron chi connectivity index (χ0n) is 9.35. The van der Waals surface area contributed by atoms with Gasteiger partial charge < -0.3 is 0 Å². The third-order valence-corrected chi connectivity index (χ3v) is 4.75. The zero-order chi connectivity index (χ0) is 11.3. The van der Waals surface area contributed by atoms with E-state index >= 15 is 0 Å². The van der Waals surface area contributed by atoms with E-state index < -0.39 is 0 Å². The van der Waals surface area contributed by atoms with Crippen molar-refractivity contribution in [3.8, 4) is 0 Å². The molecule has 1 aromatic heterocycles. The van der Waals surface area contributed by atoms with Gasteiger partial charge in [-0.15, -0.1) is 22.9 Å². The Morgan fingerprint density at radius 2 is 2.07 bits per heavy atom. The van der Waals surface area contributed by atoms with Crippen molar-refractivity contribution in [3.05, 3.63) is 20.8 Å². The summed E-state index contributed by atoms with van der Waals surface area (Å²) in [6.07, 6.45) is 6.16. The van der Waals surface area contributed by atoms with Crippen LogP contribution in [0.4, 0.5) is 0 Å². The molecule has 0 fully saturated rings. The lowest BCUT2D eigenvalue weighted by atomic mass is 10.1.